The molecule has 0 bridgehead atoms. The van der Waals surface area contributed by atoms with Gasteiger partial charge in [0.15, 0.2) is 0 Å². The smallest absolute Gasteiger partial charge is 0.437 e. The van der Waals surface area contributed by atoms with Crippen LogP contribution in [0.3, 0.4) is 0 Å². The Morgan fingerprint density at radius 3 is 2.62 bits per heavy atom. The summed E-state index contributed by atoms with van der Waals surface area (Å²) >= 11 is 0. The van der Waals surface area contributed by atoms with E-state index in [4.69, 9.17) is 9.15 Å². The number of carbonyl (C=O) groups excluding carboxylic acids is 1. The molecule has 0 spiro atoms. The van der Waals surface area contributed by atoms with Gasteiger partial charge in [-0.15, -0.1) is 5.10 Å². The number of nitrogens with zero attached hydrogens (tertiary/aromatic N) is 2. The van der Waals surface area contributed by atoms with Gasteiger partial charge >= 0.3 is 11.7 Å². The third-order valence-electron chi connectivity index (χ3n) is 3.43. The van der Waals surface area contributed by atoms with Gasteiger partial charge < -0.3 is 9.15 Å². The first-order valence-electron chi connectivity index (χ1n) is 7.83. The van der Waals surface area contributed by atoms with Crippen molar-refractivity contribution in [3.63, 3.8) is 0 Å². The van der Waals surface area contributed by atoms with E-state index in [2.05, 4.69) is 5.10 Å². The maximum Gasteiger partial charge on any atom is 0.437 e. The first-order chi connectivity index (χ1) is 12.6. The van der Waals surface area contributed by atoms with Gasteiger partial charge in [-0.3, -0.25) is 4.79 Å². The molecule has 0 aliphatic rings. The summed E-state index contributed by atoms with van der Waals surface area (Å²) in [5.74, 6) is -1.82. The van der Waals surface area contributed by atoms with Crippen molar-refractivity contribution in [2.24, 2.45) is 0 Å². The van der Waals surface area contributed by atoms with Crippen molar-refractivity contribution in [2.75, 3.05) is 6.61 Å². The molecule has 132 valence electrons. The molecule has 0 atom stereocenters. The molecule has 0 N–H and O–H groups in total. The lowest BCUT2D eigenvalue weighted by Gasteiger charge is -2.00. The second-order valence-electron chi connectivity index (χ2n) is 5.33. The molecule has 2 aromatic carbocycles. The lowest BCUT2D eigenvalue weighted by atomic mass is 10.2. The Hall–Kier alpha value is -3.48. The van der Waals surface area contributed by atoms with Crippen LogP contribution in [0.1, 0.15) is 5.56 Å². The van der Waals surface area contributed by atoms with Gasteiger partial charge in [0.05, 0.1) is 0 Å². The lowest BCUT2D eigenvalue weighted by molar-refractivity contribution is -0.143. The predicted octanol–water partition coefficient (Wildman–Crippen LogP) is 2.90. The number of hydrogen-bond acceptors (Lipinski definition) is 5. The van der Waals surface area contributed by atoms with Crippen LogP contribution in [-0.4, -0.2) is 22.4 Å². The Morgan fingerprint density at radius 2 is 1.88 bits per heavy atom. The monoisotopic (exact) mass is 354 g/mol. The van der Waals surface area contributed by atoms with Gasteiger partial charge in [-0.25, -0.2) is 9.18 Å². The van der Waals surface area contributed by atoms with Crippen LogP contribution in [0.4, 0.5) is 4.39 Å². The fourth-order valence-corrected chi connectivity index (χ4v) is 2.17. The molecule has 6 nitrogen and oxygen atoms in total. The molecule has 0 aliphatic heterocycles. The molecule has 0 saturated heterocycles. The first kappa shape index (κ1) is 17.3. The van der Waals surface area contributed by atoms with Gasteiger partial charge in [-0.2, -0.15) is 4.68 Å². The van der Waals surface area contributed by atoms with Crippen LogP contribution in [0.2, 0.25) is 0 Å². The van der Waals surface area contributed by atoms with E-state index in [0.717, 1.165) is 10.2 Å². The lowest BCUT2D eigenvalue weighted by Crippen LogP contribution is -2.23. The third kappa shape index (κ3) is 4.54. The third-order valence-corrected chi connectivity index (χ3v) is 3.43. The minimum atomic E-state index is -0.791. The second-order valence-corrected chi connectivity index (χ2v) is 5.33. The molecule has 7 heteroatoms. The van der Waals surface area contributed by atoms with Crippen molar-refractivity contribution < 1.29 is 18.3 Å². The number of hydrogen-bond donors (Lipinski definition) is 0. The van der Waals surface area contributed by atoms with Crippen molar-refractivity contribution >= 4 is 12.0 Å². The van der Waals surface area contributed by atoms with E-state index >= 15 is 0 Å². The van der Waals surface area contributed by atoms with Crippen LogP contribution in [-0.2, 0) is 16.1 Å². The minimum Gasteiger partial charge on any atom is -0.460 e. The number of halogens is 1. The van der Waals surface area contributed by atoms with Crippen LogP contribution >= 0.6 is 0 Å². The first-order valence-corrected chi connectivity index (χ1v) is 7.83. The Labute approximate surface area is 148 Å². The minimum absolute atomic E-state index is 0.00627. The van der Waals surface area contributed by atoms with Crippen LogP contribution in [0, 0.1) is 5.82 Å². The molecule has 3 rings (SSSR count). The van der Waals surface area contributed by atoms with Crippen molar-refractivity contribution in [1.29, 1.82) is 0 Å². The number of ether oxygens (including phenoxy) is 1. The highest BCUT2D eigenvalue weighted by Crippen LogP contribution is 2.15. The molecule has 0 radical (unpaired) electrons. The number of rotatable bonds is 6. The maximum atomic E-state index is 12.9. The normalized spacial score (nSPS) is 11.0. The van der Waals surface area contributed by atoms with Gasteiger partial charge in [-0.05, 0) is 35.9 Å². The summed E-state index contributed by atoms with van der Waals surface area (Å²) < 4.78 is 23.8. The SMILES string of the molecule is O=C(Cn1nc(-c2ccc(F)cc2)oc1=O)OC/C=C/c1ccccc1. The molecule has 0 amide bonds. The predicted molar refractivity (Wildman–Crippen MR) is 92.6 cm³/mol. The zero-order valence-corrected chi connectivity index (χ0v) is 13.7. The van der Waals surface area contributed by atoms with Gasteiger partial charge in [0, 0.05) is 5.56 Å². The number of esters is 1. The quantitative estimate of drug-likeness (QED) is 0.636. The summed E-state index contributed by atoms with van der Waals surface area (Å²) in [6.45, 7) is -0.298. The fraction of sp³-hybridized carbons (Fsp3) is 0.105. The van der Waals surface area contributed by atoms with Crippen LogP contribution in [0.5, 0.6) is 0 Å². The summed E-state index contributed by atoms with van der Waals surface area (Å²) in [5, 5.41) is 3.92. The molecular formula is C19H15FN2O4. The second kappa shape index (κ2) is 8.06. The number of carbonyl (C=O) groups is 1. The summed E-state index contributed by atoms with van der Waals surface area (Å²) in [7, 11) is 0. The van der Waals surface area contributed by atoms with E-state index in [-0.39, 0.29) is 19.0 Å². The van der Waals surface area contributed by atoms with Gasteiger partial charge in [-0.1, -0.05) is 36.4 Å². The fourth-order valence-electron chi connectivity index (χ4n) is 2.17. The van der Waals surface area contributed by atoms with E-state index in [0.29, 0.717) is 5.56 Å². The zero-order chi connectivity index (χ0) is 18.4. The van der Waals surface area contributed by atoms with E-state index in [1.807, 2.05) is 36.4 Å². The van der Waals surface area contributed by atoms with Gasteiger partial charge in [0.1, 0.15) is 19.0 Å². The average molecular weight is 354 g/mol. The topological polar surface area (TPSA) is 74.3 Å². The molecule has 0 unspecified atom stereocenters. The Balaban J connectivity index is 1.57. The van der Waals surface area contributed by atoms with Crippen molar-refractivity contribution in [3.05, 3.63) is 82.6 Å². The average Bonchev–Trinajstić information content (AvgIpc) is 3.01. The summed E-state index contributed by atoms with van der Waals surface area (Å²) in [5.41, 5.74) is 1.42. The molecule has 0 saturated carbocycles. The molecule has 0 fully saturated rings. The van der Waals surface area contributed by atoms with Crippen LogP contribution in [0.25, 0.3) is 17.5 Å². The number of aromatic nitrogens is 2. The summed E-state index contributed by atoms with van der Waals surface area (Å²) in [4.78, 5) is 23.6. The van der Waals surface area contributed by atoms with E-state index in [1.165, 1.54) is 24.3 Å². The molecule has 0 aliphatic carbocycles. The molecular weight excluding hydrogens is 339 g/mol. The Kier molecular flexibility index (Phi) is 5.38. The van der Waals surface area contributed by atoms with Crippen LogP contribution < -0.4 is 5.76 Å². The van der Waals surface area contributed by atoms with Crippen LogP contribution in [0.15, 0.2) is 69.9 Å². The zero-order valence-electron chi connectivity index (χ0n) is 13.7. The van der Waals surface area contributed by atoms with Gasteiger partial charge in [0.2, 0.25) is 5.89 Å². The van der Waals surface area contributed by atoms with E-state index in [1.54, 1.807) is 6.08 Å². The Bertz CT molecular complexity index is 959. The highest BCUT2D eigenvalue weighted by molar-refractivity contribution is 5.69. The Morgan fingerprint density at radius 1 is 1.15 bits per heavy atom. The van der Waals surface area contributed by atoms with Crippen molar-refractivity contribution in [1.82, 2.24) is 9.78 Å². The summed E-state index contributed by atoms with van der Waals surface area (Å²) in [6.07, 6.45) is 3.52. The molecule has 1 heterocycles. The number of benzene rings is 2. The van der Waals surface area contributed by atoms with Gasteiger partial charge in [0.25, 0.3) is 0 Å². The van der Waals surface area contributed by atoms with Crippen molar-refractivity contribution in [3.8, 4) is 11.5 Å². The van der Waals surface area contributed by atoms with Crippen molar-refractivity contribution in [2.45, 2.75) is 6.54 Å². The largest absolute Gasteiger partial charge is 0.460 e. The highest BCUT2D eigenvalue weighted by Gasteiger charge is 2.13. The summed E-state index contributed by atoms with van der Waals surface area (Å²) in [6, 6.07) is 14.9. The molecule has 26 heavy (non-hydrogen) atoms. The van der Waals surface area contributed by atoms with E-state index < -0.39 is 17.5 Å². The molecule has 1 aromatic heterocycles. The maximum absolute atomic E-state index is 12.9. The standard InChI is InChI=1S/C19H15FN2O4/c20-16-10-8-15(9-11-16)18-21-22(19(24)26-18)13-17(23)25-12-4-7-14-5-2-1-3-6-14/h1-11H,12-13H2/b7-4+. The highest BCUT2D eigenvalue weighted by atomic mass is 19.1. The molecule has 3 aromatic rings. The van der Waals surface area contributed by atoms with E-state index in [9.17, 15) is 14.0 Å².